The van der Waals surface area contributed by atoms with Gasteiger partial charge in [0.05, 0.1) is 19.4 Å². The summed E-state index contributed by atoms with van der Waals surface area (Å²) in [4.78, 5) is 30.7. The van der Waals surface area contributed by atoms with E-state index in [-0.39, 0.29) is 17.7 Å². The Morgan fingerprint density at radius 3 is 2.80 bits per heavy atom. The van der Waals surface area contributed by atoms with Crippen LogP contribution in [0.4, 0.5) is 0 Å². The van der Waals surface area contributed by atoms with Crippen molar-refractivity contribution in [3.63, 3.8) is 0 Å². The van der Waals surface area contributed by atoms with E-state index < -0.39 is 0 Å². The van der Waals surface area contributed by atoms with Crippen molar-refractivity contribution < 1.29 is 14.3 Å². The molecule has 30 heavy (non-hydrogen) atoms. The van der Waals surface area contributed by atoms with E-state index in [1.165, 1.54) is 0 Å². The molecular formula is C24H27N3O3. The number of carbonyl (C=O) groups is 2. The lowest BCUT2D eigenvalue weighted by molar-refractivity contribution is -0.135. The number of hydrogen-bond donors (Lipinski definition) is 2. The summed E-state index contributed by atoms with van der Waals surface area (Å²) < 4.78 is 5.35. The van der Waals surface area contributed by atoms with E-state index in [1.54, 1.807) is 7.11 Å². The van der Waals surface area contributed by atoms with Gasteiger partial charge in [-0.15, -0.1) is 0 Å². The van der Waals surface area contributed by atoms with Crippen LogP contribution in [0.2, 0.25) is 0 Å². The number of rotatable bonds is 6. The summed E-state index contributed by atoms with van der Waals surface area (Å²) in [5.41, 5.74) is 2.97. The second-order valence-electron chi connectivity index (χ2n) is 7.74. The lowest BCUT2D eigenvalue weighted by atomic mass is 9.96. The van der Waals surface area contributed by atoms with Gasteiger partial charge in [0.1, 0.15) is 5.75 Å². The van der Waals surface area contributed by atoms with Gasteiger partial charge in [0.2, 0.25) is 11.8 Å². The lowest BCUT2D eigenvalue weighted by Crippen LogP contribution is -2.45. The summed E-state index contributed by atoms with van der Waals surface area (Å²) in [5, 5.41) is 4.09. The van der Waals surface area contributed by atoms with Crippen molar-refractivity contribution in [2.75, 3.05) is 20.2 Å². The number of methoxy groups -OCH3 is 1. The van der Waals surface area contributed by atoms with Crippen LogP contribution in [0.3, 0.4) is 0 Å². The number of nitrogens with one attached hydrogen (secondary N) is 2. The first-order chi connectivity index (χ1) is 14.7. The van der Waals surface area contributed by atoms with Gasteiger partial charge >= 0.3 is 0 Å². The van der Waals surface area contributed by atoms with Crippen LogP contribution < -0.4 is 10.1 Å². The Morgan fingerprint density at radius 1 is 1.13 bits per heavy atom. The van der Waals surface area contributed by atoms with E-state index in [0.717, 1.165) is 40.6 Å². The number of carbonyl (C=O) groups excluding carboxylic acids is 2. The van der Waals surface area contributed by atoms with E-state index in [1.807, 2.05) is 59.6 Å². The number of hydrogen-bond acceptors (Lipinski definition) is 3. The molecule has 4 rings (SSSR count). The first-order valence-electron chi connectivity index (χ1n) is 10.4. The maximum atomic E-state index is 12.9. The number of fused-ring (bicyclic) bond motifs is 1. The van der Waals surface area contributed by atoms with Gasteiger partial charge in [0.15, 0.2) is 0 Å². The molecule has 6 nitrogen and oxygen atoms in total. The van der Waals surface area contributed by atoms with Crippen LogP contribution >= 0.6 is 0 Å². The first-order valence-corrected chi connectivity index (χ1v) is 10.4. The molecule has 1 fully saturated rings. The molecule has 2 aromatic carbocycles. The van der Waals surface area contributed by atoms with Crippen molar-refractivity contribution in [1.82, 2.24) is 15.2 Å². The van der Waals surface area contributed by atoms with Crippen molar-refractivity contribution in [1.29, 1.82) is 0 Å². The molecule has 0 bridgehead atoms. The predicted octanol–water partition coefficient (Wildman–Crippen LogP) is 3.27. The Kier molecular flexibility index (Phi) is 6.02. The van der Waals surface area contributed by atoms with E-state index in [2.05, 4.69) is 10.3 Å². The predicted molar refractivity (Wildman–Crippen MR) is 116 cm³/mol. The molecule has 0 radical (unpaired) electrons. The quantitative estimate of drug-likeness (QED) is 0.661. The number of H-pyrrole nitrogens is 1. The Morgan fingerprint density at radius 2 is 1.93 bits per heavy atom. The molecule has 0 aliphatic carbocycles. The molecule has 2 heterocycles. The minimum absolute atomic E-state index is 0.00880. The van der Waals surface area contributed by atoms with Gasteiger partial charge in [-0.1, -0.05) is 36.4 Å². The van der Waals surface area contributed by atoms with Crippen LogP contribution in [0.5, 0.6) is 5.75 Å². The Hall–Kier alpha value is -3.28. The summed E-state index contributed by atoms with van der Waals surface area (Å²) in [6.07, 6.45) is 3.89. The Balaban J connectivity index is 1.35. The van der Waals surface area contributed by atoms with E-state index in [0.29, 0.717) is 26.1 Å². The van der Waals surface area contributed by atoms with Crippen LogP contribution in [0.15, 0.2) is 54.7 Å². The number of amides is 2. The molecule has 1 aromatic heterocycles. The Bertz CT molecular complexity index is 1040. The average Bonchev–Trinajstić information content (AvgIpc) is 3.20. The van der Waals surface area contributed by atoms with Crippen molar-refractivity contribution in [2.45, 2.75) is 25.8 Å². The fourth-order valence-corrected chi connectivity index (χ4v) is 4.15. The third-order valence-corrected chi connectivity index (χ3v) is 5.81. The number of aromatic amines is 1. The number of ether oxygens (including phenoxy) is 1. The first kappa shape index (κ1) is 20.0. The molecular weight excluding hydrogens is 378 g/mol. The molecule has 2 amide bonds. The van der Waals surface area contributed by atoms with Gasteiger partial charge in [-0.3, -0.25) is 9.59 Å². The van der Waals surface area contributed by atoms with Crippen molar-refractivity contribution >= 4 is 22.7 Å². The summed E-state index contributed by atoms with van der Waals surface area (Å²) in [6.45, 7) is 1.60. The summed E-state index contributed by atoms with van der Waals surface area (Å²) in [6, 6.07) is 15.6. The average molecular weight is 405 g/mol. The Labute approximate surface area is 176 Å². The minimum Gasteiger partial charge on any atom is -0.496 e. The van der Waals surface area contributed by atoms with Gasteiger partial charge in [-0.25, -0.2) is 0 Å². The summed E-state index contributed by atoms with van der Waals surface area (Å²) in [5.74, 6) is 0.643. The third-order valence-electron chi connectivity index (χ3n) is 5.81. The highest BCUT2D eigenvalue weighted by Crippen LogP contribution is 2.22. The fourth-order valence-electron chi connectivity index (χ4n) is 4.15. The second kappa shape index (κ2) is 9.03. The summed E-state index contributed by atoms with van der Waals surface area (Å²) in [7, 11) is 1.62. The molecule has 1 saturated heterocycles. The highest BCUT2D eigenvalue weighted by molar-refractivity contribution is 5.89. The fraction of sp³-hybridized carbons (Fsp3) is 0.333. The summed E-state index contributed by atoms with van der Waals surface area (Å²) >= 11 is 0. The third kappa shape index (κ3) is 4.32. The minimum atomic E-state index is -0.180. The molecule has 3 aromatic rings. The van der Waals surface area contributed by atoms with Crippen LogP contribution in [-0.4, -0.2) is 41.9 Å². The molecule has 0 unspecified atom stereocenters. The molecule has 1 atom stereocenters. The zero-order chi connectivity index (χ0) is 20.9. The van der Waals surface area contributed by atoms with Gasteiger partial charge in [0, 0.05) is 42.3 Å². The number of aromatic nitrogens is 1. The monoisotopic (exact) mass is 405 g/mol. The molecule has 6 heteroatoms. The maximum Gasteiger partial charge on any atom is 0.227 e. The zero-order valence-corrected chi connectivity index (χ0v) is 17.2. The number of para-hydroxylation sites is 2. The lowest BCUT2D eigenvalue weighted by Gasteiger charge is -2.32. The van der Waals surface area contributed by atoms with Gasteiger partial charge < -0.3 is 19.9 Å². The maximum absolute atomic E-state index is 12.9. The molecule has 1 aliphatic heterocycles. The van der Waals surface area contributed by atoms with E-state index in [9.17, 15) is 9.59 Å². The molecule has 0 saturated carbocycles. The zero-order valence-electron chi connectivity index (χ0n) is 17.2. The molecule has 156 valence electrons. The second-order valence-corrected chi connectivity index (χ2v) is 7.74. The van der Waals surface area contributed by atoms with Crippen LogP contribution in [-0.2, 0) is 22.6 Å². The normalized spacial score (nSPS) is 16.4. The highest BCUT2D eigenvalue weighted by atomic mass is 16.5. The standard InChI is InChI=1S/C24H27N3O3/c1-30-22-11-5-2-7-17(22)14-26-24(29)18-8-6-12-27(16-18)23(28)13-19-15-25-21-10-4-3-9-20(19)21/h2-5,7,9-11,15,18,25H,6,8,12-14,16H2,1H3,(H,26,29)/t18-/m1/s1. The van der Waals surface area contributed by atoms with Crippen LogP contribution in [0.1, 0.15) is 24.0 Å². The number of benzene rings is 2. The number of piperidine rings is 1. The largest absolute Gasteiger partial charge is 0.496 e. The van der Waals surface area contributed by atoms with Crippen LogP contribution in [0.25, 0.3) is 10.9 Å². The van der Waals surface area contributed by atoms with Gasteiger partial charge in [-0.2, -0.15) is 0 Å². The van der Waals surface area contributed by atoms with Crippen molar-refractivity contribution in [2.24, 2.45) is 5.92 Å². The number of nitrogens with zero attached hydrogens (tertiary/aromatic N) is 1. The number of likely N-dealkylation sites (tertiary alicyclic amines) is 1. The SMILES string of the molecule is COc1ccccc1CNC(=O)[C@@H]1CCCN(C(=O)Cc2c[nH]c3ccccc23)C1. The van der Waals surface area contributed by atoms with Crippen LogP contribution in [0, 0.1) is 5.92 Å². The van der Waals surface area contributed by atoms with E-state index >= 15 is 0 Å². The topological polar surface area (TPSA) is 74.4 Å². The van der Waals surface area contributed by atoms with Crippen molar-refractivity contribution in [3.05, 3.63) is 65.9 Å². The highest BCUT2D eigenvalue weighted by Gasteiger charge is 2.28. The molecule has 0 spiro atoms. The van der Waals surface area contributed by atoms with E-state index in [4.69, 9.17) is 4.74 Å². The van der Waals surface area contributed by atoms with Gasteiger partial charge in [0.25, 0.3) is 0 Å². The van der Waals surface area contributed by atoms with Crippen molar-refractivity contribution in [3.8, 4) is 5.75 Å². The molecule has 1 aliphatic rings. The smallest absolute Gasteiger partial charge is 0.227 e. The molecule has 2 N–H and O–H groups in total. The van der Waals surface area contributed by atoms with Gasteiger partial charge in [-0.05, 0) is 30.5 Å².